The molecule has 4 heteroatoms. The van der Waals surface area contributed by atoms with Crippen LogP contribution in [0.2, 0.25) is 0 Å². The van der Waals surface area contributed by atoms with Crippen LogP contribution < -0.4 is 0 Å². The van der Waals surface area contributed by atoms with Gasteiger partial charge in [0.1, 0.15) is 12.1 Å². The van der Waals surface area contributed by atoms with E-state index in [0.29, 0.717) is 17.0 Å². The number of nitrogens with zero attached hydrogens (tertiary/aromatic N) is 1. The van der Waals surface area contributed by atoms with E-state index in [-0.39, 0.29) is 11.6 Å². The van der Waals surface area contributed by atoms with Gasteiger partial charge in [-0.3, -0.25) is 4.79 Å². The predicted octanol–water partition coefficient (Wildman–Crippen LogP) is 5.86. The van der Waals surface area contributed by atoms with Crippen molar-refractivity contribution in [3.05, 3.63) is 76.9 Å². The van der Waals surface area contributed by atoms with E-state index in [1.54, 1.807) is 19.3 Å². The summed E-state index contributed by atoms with van der Waals surface area (Å²) in [5, 5.41) is 0. The van der Waals surface area contributed by atoms with Gasteiger partial charge in [-0.05, 0) is 69.5 Å². The number of carbonyl (C=O) groups excluding carboxylic acids is 1. The van der Waals surface area contributed by atoms with Gasteiger partial charge in [-0.1, -0.05) is 17.7 Å². The fourth-order valence-electron chi connectivity index (χ4n) is 2.63. The molecule has 0 unspecified atom stereocenters. The van der Waals surface area contributed by atoms with Crippen molar-refractivity contribution in [3.8, 4) is 11.5 Å². The number of aromatic nitrogens is 1. The Morgan fingerprint density at radius 3 is 2.54 bits per heavy atom. The van der Waals surface area contributed by atoms with Crippen LogP contribution in [-0.2, 0) is 0 Å². The molecule has 0 amide bonds. The highest BCUT2D eigenvalue weighted by atomic mass is 19.1. The van der Waals surface area contributed by atoms with E-state index in [1.165, 1.54) is 37.5 Å². The fraction of sp³-hybridized carbons (Fsp3) is 0.273. The molecule has 0 radical (unpaired) electrons. The molecule has 2 aromatic carbocycles. The van der Waals surface area contributed by atoms with Gasteiger partial charge in [0.2, 0.25) is 5.89 Å². The zero-order valence-corrected chi connectivity index (χ0v) is 15.3. The Bertz CT molecular complexity index is 925. The molecule has 1 aliphatic rings. The molecular formula is C22H22FNO2. The highest BCUT2D eigenvalue weighted by Crippen LogP contribution is 2.40. The molecule has 1 fully saturated rings. The third-order valence-corrected chi connectivity index (χ3v) is 4.35. The molecule has 4 rings (SSSR count). The van der Waals surface area contributed by atoms with E-state index in [9.17, 15) is 9.18 Å². The van der Waals surface area contributed by atoms with Gasteiger partial charge in [0, 0.05) is 17.0 Å². The summed E-state index contributed by atoms with van der Waals surface area (Å²) in [4.78, 5) is 15.3. The monoisotopic (exact) mass is 351 g/mol. The minimum atomic E-state index is -0.269. The first-order valence-corrected chi connectivity index (χ1v) is 8.73. The minimum Gasteiger partial charge on any atom is -0.444 e. The predicted molar refractivity (Wildman–Crippen MR) is 99.8 cm³/mol. The van der Waals surface area contributed by atoms with Crippen molar-refractivity contribution in [2.24, 2.45) is 0 Å². The largest absolute Gasteiger partial charge is 0.444 e. The summed E-state index contributed by atoms with van der Waals surface area (Å²) < 4.78 is 18.1. The summed E-state index contributed by atoms with van der Waals surface area (Å²) in [5.74, 6) is 1.11. The third kappa shape index (κ3) is 4.45. The highest BCUT2D eigenvalue weighted by Gasteiger charge is 2.27. The van der Waals surface area contributed by atoms with E-state index in [4.69, 9.17) is 4.42 Å². The van der Waals surface area contributed by atoms with E-state index >= 15 is 0 Å². The maximum absolute atomic E-state index is 12.7. The molecule has 134 valence electrons. The summed E-state index contributed by atoms with van der Waals surface area (Å²) in [7, 11) is 0. The average Bonchev–Trinajstić information content (AvgIpc) is 3.35. The number of hydrogen-bond acceptors (Lipinski definition) is 3. The molecule has 3 aromatic rings. The molecule has 0 N–H and O–H groups in total. The lowest BCUT2D eigenvalue weighted by molar-refractivity contribution is 0.101. The van der Waals surface area contributed by atoms with Gasteiger partial charge < -0.3 is 4.42 Å². The lowest BCUT2D eigenvalue weighted by Gasteiger charge is -1.97. The van der Waals surface area contributed by atoms with Gasteiger partial charge >= 0.3 is 0 Å². The van der Waals surface area contributed by atoms with Crippen LogP contribution in [0.3, 0.4) is 0 Å². The van der Waals surface area contributed by atoms with Crippen LogP contribution in [0.4, 0.5) is 4.39 Å². The summed E-state index contributed by atoms with van der Waals surface area (Å²) in [6.07, 6.45) is 4.33. The van der Waals surface area contributed by atoms with Crippen LogP contribution in [0.25, 0.3) is 11.5 Å². The molecule has 0 bridgehead atoms. The van der Waals surface area contributed by atoms with Crippen LogP contribution in [0.5, 0.6) is 0 Å². The Hall–Kier alpha value is -2.75. The molecule has 0 aliphatic heterocycles. The van der Waals surface area contributed by atoms with Crippen LogP contribution in [0.1, 0.15) is 52.9 Å². The smallest absolute Gasteiger partial charge is 0.226 e. The average molecular weight is 351 g/mol. The normalized spacial score (nSPS) is 13.1. The van der Waals surface area contributed by atoms with Gasteiger partial charge in [-0.15, -0.1) is 0 Å². The van der Waals surface area contributed by atoms with Crippen LogP contribution in [-0.4, -0.2) is 10.8 Å². The molecule has 1 heterocycles. The maximum Gasteiger partial charge on any atom is 0.226 e. The van der Waals surface area contributed by atoms with Crippen molar-refractivity contribution in [1.29, 1.82) is 0 Å². The molecule has 0 atom stereocenters. The van der Waals surface area contributed by atoms with Gasteiger partial charge in [-0.2, -0.15) is 0 Å². The molecule has 0 saturated heterocycles. The lowest BCUT2D eigenvalue weighted by atomic mass is 10.1. The van der Waals surface area contributed by atoms with E-state index in [2.05, 4.69) is 24.0 Å². The van der Waals surface area contributed by atoms with Crippen molar-refractivity contribution in [2.75, 3.05) is 0 Å². The second-order valence-electron chi connectivity index (χ2n) is 6.74. The van der Waals surface area contributed by atoms with E-state index in [0.717, 1.165) is 17.1 Å². The standard InChI is InChI=1S/C13H13NO.C9H9FO/c1-9-3-2-4-11(7-9)13-14-12(8-15-13)10-5-6-10;1-6-5-8(7(2)11)3-4-9(6)10/h2-4,7-8,10H,5-6H2,1H3;3-5H,1-2H3. The number of benzene rings is 2. The van der Waals surface area contributed by atoms with Crippen molar-refractivity contribution in [1.82, 2.24) is 4.98 Å². The van der Waals surface area contributed by atoms with Crippen molar-refractivity contribution < 1.29 is 13.6 Å². The maximum atomic E-state index is 12.7. The zero-order chi connectivity index (χ0) is 18.7. The SMILES string of the molecule is CC(=O)c1ccc(F)c(C)c1.Cc1cccc(-c2nc(C3CC3)co2)c1. The zero-order valence-electron chi connectivity index (χ0n) is 15.3. The van der Waals surface area contributed by atoms with E-state index in [1.807, 2.05) is 12.1 Å². The second kappa shape index (κ2) is 7.65. The van der Waals surface area contributed by atoms with Gasteiger partial charge in [0.25, 0.3) is 0 Å². The molecule has 3 nitrogen and oxygen atoms in total. The number of ketones is 1. The van der Waals surface area contributed by atoms with Crippen LogP contribution >= 0.6 is 0 Å². The van der Waals surface area contributed by atoms with Gasteiger partial charge in [0.05, 0.1) is 5.69 Å². The molecule has 0 spiro atoms. The molecule has 1 aliphatic carbocycles. The summed E-state index contributed by atoms with van der Waals surface area (Å²) in [5.41, 5.74) is 4.49. The third-order valence-electron chi connectivity index (χ3n) is 4.35. The minimum absolute atomic E-state index is 0.0342. The van der Waals surface area contributed by atoms with Crippen molar-refractivity contribution >= 4 is 5.78 Å². The molecule has 26 heavy (non-hydrogen) atoms. The first-order chi connectivity index (χ1) is 12.4. The highest BCUT2D eigenvalue weighted by molar-refractivity contribution is 5.94. The number of halogens is 1. The second-order valence-corrected chi connectivity index (χ2v) is 6.74. The first-order valence-electron chi connectivity index (χ1n) is 8.73. The van der Waals surface area contributed by atoms with Crippen LogP contribution in [0.15, 0.2) is 53.1 Å². The Balaban J connectivity index is 0.000000160. The Kier molecular flexibility index (Phi) is 5.31. The van der Waals surface area contributed by atoms with Crippen molar-refractivity contribution in [3.63, 3.8) is 0 Å². The van der Waals surface area contributed by atoms with Gasteiger partial charge in [-0.25, -0.2) is 9.37 Å². The molecule has 1 saturated carbocycles. The number of oxazole rings is 1. The summed E-state index contributed by atoms with van der Waals surface area (Å²) in [6.45, 7) is 5.18. The summed E-state index contributed by atoms with van der Waals surface area (Å²) in [6, 6.07) is 12.6. The Labute approximate surface area is 152 Å². The van der Waals surface area contributed by atoms with Crippen LogP contribution in [0, 0.1) is 19.7 Å². The van der Waals surface area contributed by atoms with E-state index < -0.39 is 0 Å². The Morgan fingerprint density at radius 1 is 1.15 bits per heavy atom. The Morgan fingerprint density at radius 2 is 1.92 bits per heavy atom. The topological polar surface area (TPSA) is 43.1 Å². The first kappa shape index (κ1) is 18.1. The number of aryl methyl sites for hydroxylation is 2. The lowest BCUT2D eigenvalue weighted by Crippen LogP contribution is -1.93. The number of hydrogen-bond donors (Lipinski definition) is 0. The molecule has 1 aromatic heterocycles. The van der Waals surface area contributed by atoms with Gasteiger partial charge in [0.15, 0.2) is 5.78 Å². The van der Waals surface area contributed by atoms with Crippen molar-refractivity contribution in [2.45, 2.75) is 39.5 Å². The molecular weight excluding hydrogens is 329 g/mol. The number of Topliss-reactive ketones (excluding diaryl/α,β-unsaturated/α-hetero) is 1. The number of carbonyl (C=O) groups is 1. The summed E-state index contributed by atoms with van der Waals surface area (Å²) >= 11 is 0. The number of rotatable bonds is 3. The fourth-order valence-corrected chi connectivity index (χ4v) is 2.63. The quantitative estimate of drug-likeness (QED) is 0.555.